The van der Waals surface area contributed by atoms with Gasteiger partial charge in [0.1, 0.15) is 5.82 Å². The summed E-state index contributed by atoms with van der Waals surface area (Å²) in [4.78, 5) is 26.2. The maximum absolute atomic E-state index is 13.3. The molecule has 1 aromatic heterocycles. The zero-order valence-electron chi connectivity index (χ0n) is 17.4. The minimum absolute atomic E-state index is 0.0653. The Bertz CT molecular complexity index is 815. The van der Waals surface area contributed by atoms with E-state index < -0.39 is 0 Å². The van der Waals surface area contributed by atoms with Crippen LogP contribution in [0.1, 0.15) is 16.2 Å². The molecule has 2 atom stereocenters. The van der Waals surface area contributed by atoms with Crippen molar-refractivity contribution in [3.63, 3.8) is 0 Å². The van der Waals surface area contributed by atoms with E-state index in [9.17, 15) is 9.90 Å². The van der Waals surface area contributed by atoms with Gasteiger partial charge in [-0.3, -0.25) is 4.79 Å². The monoisotopic (exact) mass is 398 g/mol. The molecule has 1 aromatic carbocycles. The number of carbonyl (C=O) groups is 1. The lowest BCUT2D eigenvalue weighted by Crippen LogP contribution is -2.34. The number of likely N-dealkylation sites (tertiary alicyclic amines) is 1. The van der Waals surface area contributed by atoms with E-state index in [2.05, 4.69) is 14.9 Å². The van der Waals surface area contributed by atoms with Crippen molar-refractivity contribution < 1.29 is 14.6 Å². The minimum Gasteiger partial charge on any atom is -0.396 e. The third kappa shape index (κ3) is 5.18. The molecule has 1 aliphatic rings. The highest BCUT2D eigenvalue weighted by atomic mass is 16.5. The van der Waals surface area contributed by atoms with Gasteiger partial charge in [-0.15, -0.1) is 0 Å². The number of carbonyl (C=O) groups excluding carboxylic acids is 1. The van der Waals surface area contributed by atoms with Crippen molar-refractivity contribution in [1.82, 2.24) is 19.8 Å². The van der Waals surface area contributed by atoms with Gasteiger partial charge in [0.2, 0.25) is 0 Å². The Morgan fingerprint density at radius 3 is 2.69 bits per heavy atom. The number of methoxy groups -OCH3 is 1. The molecule has 0 spiro atoms. The van der Waals surface area contributed by atoms with Crippen LogP contribution in [0.3, 0.4) is 0 Å². The third-order valence-corrected chi connectivity index (χ3v) is 5.51. The fourth-order valence-electron chi connectivity index (χ4n) is 3.87. The summed E-state index contributed by atoms with van der Waals surface area (Å²) >= 11 is 0. The lowest BCUT2D eigenvalue weighted by molar-refractivity contribution is 0.0778. The lowest BCUT2D eigenvalue weighted by atomic mass is 9.96. The zero-order chi connectivity index (χ0) is 20.8. The molecule has 7 heteroatoms. The van der Waals surface area contributed by atoms with E-state index in [-0.39, 0.29) is 24.3 Å². The molecule has 0 saturated carbocycles. The van der Waals surface area contributed by atoms with Crippen LogP contribution in [-0.2, 0) is 4.74 Å². The number of likely N-dealkylation sites (N-methyl/N-ethyl adjacent to an activating group) is 1. The molecule has 7 nitrogen and oxygen atoms in total. The molecule has 0 aliphatic carbocycles. The van der Waals surface area contributed by atoms with Gasteiger partial charge in [0.05, 0.1) is 17.9 Å². The molecule has 0 bridgehead atoms. The van der Waals surface area contributed by atoms with Crippen LogP contribution in [0.15, 0.2) is 36.5 Å². The number of nitrogens with zero attached hydrogens (tertiary/aromatic N) is 4. The van der Waals surface area contributed by atoms with Crippen molar-refractivity contribution in [2.75, 3.05) is 53.6 Å². The van der Waals surface area contributed by atoms with Gasteiger partial charge in [-0.25, -0.2) is 9.97 Å². The van der Waals surface area contributed by atoms with Crippen LogP contribution < -0.4 is 0 Å². The molecule has 1 N–H and O–H groups in total. The first-order chi connectivity index (χ1) is 14.0. The SMILES string of the molecule is COCCN(C)C[C@@H]1CN(C(=O)c2cnc(C)nc2-c2ccccc2)C[C@@H]1CO. The number of ether oxygens (including phenoxy) is 1. The number of aliphatic hydroxyl groups is 1. The summed E-state index contributed by atoms with van der Waals surface area (Å²) in [7, 11) is 3.73. The number of hydrogen-bond donors (Lipinski definition) is 1. The average Bonchev–Trinajstić information content (AvgIpc) is 3.15. The molecule has 1 saturated heterocycles. The van der Waals surface area contributed by atoms with Crippen LogP contribution in [0.4, 0.5) is 0 Å². The van der Waals surface area contributed by atoms with Crippen molar-refractivity contribution in [3.8, 4) is 11.3 Å². The Balaban J connectivity index is 1.79. The molecule has 1 fully saturated rings. The van der Waals surface area contributed by atoms with E-state index in [1.807, 2.05) is 49.2 Å². The Morgan fingerprint density at radius 1 is 1.28 bits per heavy atom. The van der Waals surface area contributed by atoms with Crippen molar-refractivity contribution in [3.05, 3.63) is 47.9 Å². The second-order valence-corrected chi connectivity index (χ2v) is 7.71. The van der Waals surface area contributed by atoms with Crippen LogP contribution in [0, 0.1) is 18.8 Å². The zero-order valence-corrected chi connectivity index (χ0v) is 17.4. The van der Waals surface area contributed by atoms with E-state index in [1.54, 1.807) is 13.3 Å². The Labute approximate surface area is 172 Å². The van der Waals surface area contributed by atoms with E-state index >= 15 is 0 Å². The fraction of sp³-hybridized carbons (Fsp3) is 0.500. The highest BCUT2D eigenvalue weighted by Crippen LogP contribution is 2.28. The maximum atomic E-state index is 13.3. The number of aromatic nitrogens is 2. The first kappa shape index (κ1) is 21.4. The first-order valence-electron chi connectivity index (χ1n) is 10.00. The van der Waals surface area contributed by atoms with Gasteiger partial charge in [0.15, 0.2) is 0 Å². The Hall–Kier alpha value is -2.35. The number of benzene rings is 1. The number of aliphatic hydroxyl groups excluding tert-OH is 1. The fourth-order valence-corrected chi connectivity index (χ4v) is 3.87. The average molecular weight is 399 g/mol. The molecule has 3 rings (SSSR count). The molecule has 0 radical (unpaired) electrons. The molecule has 156 valence electrons. The normalized spacial score (nSPS) is 19.1. The predicted octanol–water partition coefficient (Wildman–Crippen LogP) is 1.71. The van der Waals surface area contributed by atoms with Crippen LogP contribution in [-0.4, -0.2) is 84.3 Å². The standard InChI is InChI=1S/C22H30N4O3/c1-16-23-11-20(21(24-16)17-7-5-4-6-8-17)22(28)26-13-18(19(14-26)15-27)12-25(2)9-10-29-3/h4-8,11,18-19,27H,9-10,12-15H2,1-3H3/t18-,19-/m1/s1. The molecular weight excluding hydrogens is 368 g/mol. The van der Waals surface area contributed by atoms with Gasteiger partial charge in [0.25, 0.3) is 5.91 Å². The Morgan fingerprint density at radius 2 is 2.00 bits per heavy atom. The van der Waals surface area contributed by atoms with Crippen LogP contribution >= 0.6 is 0 Å². The van der Waals surface area contributed by atoms with Crippen molar-refractivity contribution in [2.45, 2.75) is 6.92 Å². The van der Waals surface area contributed by atoms with Crippen molar-refractivity contribution in [2.24, 2.45) is 11.8 Å². The van der Waals surface area contributed by atoms with Crippen molar-refractivity contribution >= 4 is 5.91 Å². The third-order valence-electron chi connectivity index (χ3n) is 5.51. The quantitative estimate of drug-likeness (QED) is 0.729. The number of hydrogen-bond acceptors (Lipinski definition) is 6. The van der Waals surface area contributed by atoms with E-state index in [0.717, 1.165) is 18.7 Å². The van der Waals surface area contributed by atoms with Gasteiger partial charge in [-0.2, -0.15) is 0 Å². The van der Waals surface area contributed by atoms with Crippen LogP contribution in [0.5, 0.6) is 0 Å². The lowest BCUT2D eigenvalue weighted by Gasteiger charge is -2.23. The van der Waals surface area contributed by atoms with Gasteiger partial charge in [-0.1, -0.05) is 30.3 Å². The highest BCUT2D eigenvalue weighted by molar-refractivity contribution is 5.99. The second kappa shape index (κ2) is 9.91. The highest BCUT2D eigenvalue weighted by Gasteiger charge is 2.36. The topological polar surface area (TPSA) is 78.8 Å². The smallest absolute Gasteiger partial charge is 0.257 e. The summed E-state index contributed by atoms with van der Waals surface area (Å²) in [6, 6.07) is 9.71. The maximum Gasteiger partial charge on any atom is 0.257 e. The molecule has 1 aliphatic heterocycles. The van der Waals surface area contributed by atoms with Gasteiger partial charge in [0, 0.05) is 57.6 Å². The number of aryl methyl sites for hydroxylation is 1. The van der Waals surface area contributed by atoms with E-state index in [1.165, 1.54) is 0 Å². The Kier molecular flexibility index (Phi) is 7.30. The molecular formula is C22H30N4O3. The predicted molar refractivity (Wildman–Crippen MR) is 112 cm³/mol. The van der Waals surface area contributed by atoms with Gasteiger partial charge in [-0.05, 0) is 19.9 Å². The first-order valence-corrected chi connectivity index (χ1v) is 10.00. The largest absolute Gasteiger partial charge is 0.396 e. The minimum atomic E-state index is -0.0793. The van der Waals surface area contributed by atoms with Crippen LogP contribution in [0.2, 0.25) is 0 Å². The number of rotatable bonds is 8. The van der Waals surface area contributed by atoms with Gasteiger partial charge >= 0.3 is 0 Å². The molecule has 2 heterocycles. The van der Waals surface area contributed by atoms with Crippen LogP contribution in [0.25, 0.3) is 11.3 Å². The summed E-state index contributed by atoms with van der Waals surface area (Å²) in [5.74, 6) is 0.838. The van der Waals surface area contributed by atoms with Gasteiger partial charge < -0.3 is 19.6 Å². The summed E-state index contributed by atoms with van der Waals surface area (Å²) in [6.07, 6.45) is 1.62. The second-order valence-electron chi connectivity index (χ2n) is 7.71. The van der Waals surface area contributed by atoms with E-state index in [0.29, 0.717) is 36.8 Å². The summed E-state index contributed by atoms with van der Waals surface area (Å²) in [6.45, 7) is 5.35. The molecule has 29 heavy (non-hydrogen) atoms. The molecule has 2 aromatic rings. The molecule has 1 amide bonds. The summed E-state index contributed by atoms with van der Waals surface area (Å²) < 4.78 is 5.14. The molecule has 0 unspecified atom stereocenters. The summed E-state index contributed by atoms with van der Waals surface area (Å²) in [5.41, 5.74) is 2.06. The number of amides is 1. The summed E-state index contributed by atoms with van der Waals surface area (Å²) in [5, 5.41) is 9.86. The van der Waals surface area contributed by atoms with Crippen molar-refractivity contribution in [1.29, 1.82) is 0 Å². The van der Waals surface area contributed by atoms with E-state index in [4.69, 9.17) is 4.74 Å².